The Hall–Kier alpha value is -0.570. The van der Waals surface area contributed by atoms with Gasteiger partial charge in [0.15, 0.2) is 0 Å². The van der Waals surface area contributed by atoms with E-state index < -0.39 is 0 Å². The Morgan fingerprint density at radius 1 is 1.40 bits per heavy atom. The zero-order valence-electron chi connectivity index (χ0n) is 9.64. The van der Waals surface area contributed by atoms with Gasteiger partial charge in [-0.3, -0.25) is 4.79 Å². The Balaban J connectivity index is 1.58. The van der Waals surface area contributed by atoms with E-state index in [4.69, 9.17) is 0 Å². The van der Waals surface area contributed by atoms with Crippen molar-refractivity contribution in [3.8, 4) is 0 Å². The normalized spacial score (nSPS) is 22.5. The highest BCUT2D eigenvalue weighted by Crippen LogP contribution is 2.60. The second-order valence-electron chi connectivity index (χ2n) is 5.09. The molecule has 15 heavy (non-hydrogen) atoms. The highest BCUT2D eigenvalue weighted by atomic mass is 16.1. The van der Waals surface area contributed by atoms with E-state index in [0.717, 1.165) is 25.4 Å². The van der Waals surface area contributed by atoms with Crippen LogP contribution in [0, 0.1) is 11.3 Å². The van der Waals surface area contributed by atoms with Gasteiger partial charge in [0.1, 0.15) is 0 Å². The predicted octanol–water partition coefficient (Wildman–Crippen LogP) is 1.29. The lowest BCUT2D eigenvalue weighted by Gasteiger charge is -2.15. The Kier molecular flexibility index (Phi) is 3.29. The number of carbonyl (C=O) groups is 1. The maximum atomic E-state index is 11.5. The van der Waals surface area contributed by atoms with Crippen LogP contribution in [-0.2, 0) is 4.79 Å². The van der Waals surface area contributed by atoms with Crippen molar-refractivity contribution in [3.63, 3.8) is 0 Å². The third-order valence-corrected chi connectivity index (χ3v) is 3.69. The summed E-state index contributed by atoms with van der Waals surface area (Å²) >= 11 is 0. The fourth-order valence-electron chi connectivity index (χ4n) is 2.30. The fraction of sp³-hybridized carbons (Fsp3) is 0.917. The molecule has 3 heteroatoms. The van der Waals surface area contributed by atoms with Gasteiger partial charge in [0.05, 0.1) is 6.54 Å². The molecule has 0 unspecified atom stereocenters. The molecular weight excluding hydrogens is 188 g/mol. The molecule has 1 amide bonds. The Bertz CT molecular complexity index is 232. The SMILES string of the molecule is CCCNCC(=O)NCC1(C2CC2)CC1. The molecule has 2 fully saturated rings. The first-order valence-electron chi connectivity index (χ1n) is 6.24. The number of amides is 1. The van der Waals surface area contributed by atoms with Gasteiger partial charge in [-0.15, -0.1) is 0 Å². The second-order valence-corrected chi connectivity index (χ2v) is 5.09. The minimum absolute atomic E-state index is 0.162. The Morgan fingerprint density at radius 3 is 2.67 bits per heavy atom. The maximum absolute atomic E-state index is 11.5. The van der Waals surface area contributed by atoms with Gasteiger partial charge in [0, 0.05) is 6.54 Å². The molecular formula is C12H22N2O. The van der Waals surface area contributed by atoms with E-state index in [0.29, 0.717) is 12.0 Å². The molecule has 0 spiro atoms. The first-order chi connectivity index (χ1) is 7.27. The van der Waals surface area contributed by atoms with Crippen LogP contribution in [0.25, 0.3) is 0 Å². The summed E-state index contributed by atoms with van der Waals surface area (Å²) in [4.78, 5) is 11.5. The van der Waals surface area contributed by atoms with Crippen LogP contribution in [0.4, 0.5) is 0 Å². The van der Waals surface area contributed by atoms with Gasteiger partial charge >= 0.3 is 0 Å². The van der Waals surface area contributed by atoms with Crippen LogP contribution in [0.1, 0.15) is 39.0 Å². The lowest BCUT2D eigenvalue weighted by atomic mass is 10.0. The van der Waals surface area contributed by atoms with Gasteiger partial charge in [-0.2, -0.15) is 0 Å². The van der Waals surface area contributed by atoms with Crippen molar-refractivity contribution >= 4 is 5.91 Å². The second kappa shape index (κ2) is 4.52. The number of hydrogen-bond acceptors (Lipinski definition) is 2. The lowest BCUT2D eigenvalue weighted by molar-refractivity contribution is -0.120. The predicted molar refractivity (Wildman–Crippen MR) is 60.6 cm³/mol. The minimum atomic E-state index is 0.162. The first-order valence-corrected chi connectivity index (χ1v) is 6.24. The van der Waals surface area contributed by atoms with Crippen LogP contribution in [-0.4, -0.2) is 25.5 Å². The first kappa shape index (κ1) is 10.9. The molecule has 2 aliphatic rings. The average Bonchev–Trinajstić information content (AvgIpc) is 3.06. The van der Waals surface area contributed by atoms with Gasteiger partial charge in [-0.25, -0.2) is 0 Å². The smallest absolute Gasteiger partial charge is 0.233 e. The molecule has 86 valence electrons. The van der Waals surface area contributed by atoms with E-state index in [-0.39, 0.29) is 5.91 Å². The molecule has 0 atom stereocenters. The Morgan fingerprint density at radius 2 is 2.13 bits per heavy atom. The molecule has 2 saturated carbocycles. The summed E-state index contributed by atoms with van der Waals surface area (Å²) in [6.07, 6.45) is 6.54. The molecule has 0 aliphatic heterocycles. The van der Waals surface area contributed by atoms with Crippen LogP contribution < -0.4 is 10.6 Å². The van der Waals surface area contributed by atoms with E-state index in [1.165, 1.54) is 25.7 Å². The van der Waals surface area contributed by atoms with Gasteiger partial charge in [0.25, 0.3) is 0 Å². The summed E-state index contributed by atoms with van der Waals surface area (Å²) in [6.45, 7) is 4.44. The highest BCUT2D eigenvalue weighted by molar-refractivity contribution is 5.78. The van der Waals surface area contributed by atoms with Crippen molar-refractivity contribution in [2.75, 3.05) is 19.6 Å². The summed E-state index contributed by atoms with van der Waals surface area (Å²) in [6, 6.07) is 0. The molecule has 0 bridgehead atoms. The van der Waals surface area contributed by atoms with Gasteiger partial charge in [0.2, 0.25) is 5.91 Å². The third kappa shape index (κ3) is 2.94. The maximum Gasteiger partial charge on any atom is 0.233 e. The van der Waals surface area contributed by atoms with Crippen LogP contribution in [0.2, 0.25) is 0 Å². The summed E-state index contributed by atoms with van der Waals surface area (Å²) in [5, 5.41) is 6.19. The van der Waals surface area contributed by atoms with Crippen LogP contribution in [0.3, 0.4) is 0 Å². The van der Waals surface area contributed by atoms with Crippen molar-refractivity contribution < 1.29 is 4.79 Å². The molecule has 0 aromatic carbocycles. The van der Waals surface area contributed by atoms with E-state index in [1.807, 2.05) is 0 Å². The van der Waals surface area contributed by atoms with E-state index >= 15 is 0 Å². The summed E-state index contributed by atoms with van der Waals surface area (Å²) in [5.74, 6) is 1.09. The molecule has 0 aromatic rings. The van der Waals surface area contributed by atoms with Gasteiger partial charge < -0.3 is 10.6 Å². The minimum Gasteiger partial charge on any atom is -0.354 e. The molecule has 0 saturated heterocycles. The summed E-state index contributed by atoms with van der Waals surface area (Å²) in [5.41, 5.74) is 0.528. The molecule has 2 rings (SSSR count). The molecule has 2 aliphatic carbocycles. The summed E-state index contributed by atoms with van der Waals surface area (Å²) < 4.78 is 0. The number of carbonyl (C=O) groups excluding carboxylic acids is 1. The largest absolute Gasteiger partial charge is 0.354 e. The Labute approximate surface area is 92.0 Å². The van der Waals surface area contributed by atoms with Gasteiger partial charge in [-0.05, 0) is 50.0 Å². The molecule has 0 heterocycles. The van der Waals surface area contributed by atoms with E-state index in [2.05, 4.69) is 17.6 Å². The zero-order valence-corrected chi connectivity index (χ0v) is 9.64. The number of hydrogen-bond donors (Lipinski definition) is 2. The molecule has 0 radical (unpaired) electrons. The topological polar surface area (TPSA) is 41.1 Å². The van der Waals surface area contributed by atoms with Crippen LogP contribution >= 0.6 is 0 Å². The average molecular weight is 210 g/mol. The van der Waals surface area contributed by atoms with Crippen LogP contribution in [0.5, 0.6) is 0 Å². The third-order valence-electron chi connectivity index (χ3n) is 3.69. The number of rotatable bonds is 7. The van der Waals surface area contributed by atoms with Crippen LogP contribution in [0.15, 0.2) is 0 Å². The summed E-state index contributed by atoms with van der Waals surface area (Å²) in [7, 11) is 0. The molecule has 0 aromatic heterocycles. The lowest BCUT2D eigenvalue weighted by Crippen LogP contribution is -2.37. The number of nitrogens with one attached hydrogen (secondary N) is 2. The van der Waals surface area contributed by atoms with Crippen molar-refractivity contribution in [2.24, 2.45) is 11.3 Å². The molecule has 2 N–H and O–H groups in total. The van der Waals surface area contributed by atoms with E-state index in [1.54, 1.807) is 0 Å². The van der Waals surface area contributed by atoms with Crippen molar-refractivity contribution in [3.05, 3.63) is 0 Å². The van der Waals surface area contributed by atoms with Crippen molar-refractivity contribution in [2.45, 2.75) is 39.0 Å². The monoisotopic (exact) mass is 210 g/mol. The van der Waals surface area contributed by atoms with Crippen molar-refractivity contribution in [1.82, 2.24) is 10.6 Å². The van der Waals surface area contributed by atoms with E-state index in [9.17, 15) is 4.79 Å². The fourth-order valence-corrected chi connectivity index (χ4v) is 2.30. The quantitative estimate of drug-likeness (QED) is 0.622. The van der Waals surface area contributed by atoms with Gasteiger partial charge in [-0.1, -0.05) is 6.92 Å². The van der Waals surface area contributed by atoms with Crippen molar-refractivity contribution in [1.29, 1.82) is 0 Å². The highest BCUT2D eigenvalue weighted by Gasteiger charge is 2.53. The zero-order chi connectivity index (χ0) is 10.7. The standard InChI is InChI=1S/C12H22N2O/c1-2-7-13-8-11(15)14-9-12(5-6-12)10-3-4-10/h10,13H,2-9H2,1H3,(H,14,15). The molecule has 3 nitrogen and oxygen atoms in total.